The van der Waals surface area contributed by atoms with Gasteiger partial charge in [-0.25, -0.2) is 8.78 Å². The molecule has 3 nitrogen and oxygen atoms in total. The van der Waals surface area contributed by atoms with E-state index in [-0.39, 0.29) is 6.04 Å². The Morgan fingerprint density at radius 3 is 2.72 bits per heavy atom. The van der Waals surface area contributed by atoms with Gasteiger partial charge in [0.25, 0.3) is 0 Å². The Morgan fingerprint density at radius 2 is 2.11 bits per heavy atom. The zero-order valence-corrected chi connectivity index (χ0v) is 10.7. The molecule has 0 amide bonds. The molecule has 0 aliphatic rings. The second-order valence-corrected chi connectivity index (χ2v) is 4.58. The van der Waals surface area contributed by atoms with Crippen molar-refractivity contribution < 1.29 is 13.5 Å². The van der Waals surface area contributed by atoms with Gasteiger partial charge in [0.2, 0.25) is 0 Å². The molecule has 1 aromatic carbocycles. The highest BCUT2D eigenvalue weighted by Gasteiger charge is 2.16. The standard InChI is InChI=1S/C13H20F2N2O/c1-9(8-18-2)6-11(17-16)7-10-4-3-5-12(14)13(10)15/h3-5,9,11,17H,6-8,16H2,1-2H3. The van der Waals surface area contributed by atoms with Crippen molar-refractivity contribution in [2.45, 2.75) is 25.8 Å². The zero-order valence-electron chi connectivity index (χ0n) is 10.7. The lowest BCUT2D eigenvalue weighted by Crippen LogP contribution is -2.38. The maximum Gasteiger partial charge on any atom is 0.162 e. The molecule has 0 heterocycles. The molecule has 3 N–H and O–H groups in total. The largest absolute Gasteiger partial charge is 0.384 e. The summed E-state index contributed by atoms with van der Waals surface area (Å²) in [6.45, 7) is 2.64. The summed E-state index contributed by atoms with van der Waals surface area (Å²) >= 11 is 0. The normalized spacial score (nSPS) is 14.5. The first-order valence-electron chi connectivity index (χ1n) is 5.96. The Labute approximate surface area is 106 Å². The van der Waals surface area contributed by atoms with Crippen molar-refractivity contribution in [3.63, 3.8) is 0 Å². The van der Waals surface area contributed by atoms with Gasteiger partial charge in [-0.1, -0.05) is 19.1 Å². The molecule has 102 valence electrons. The zero-order chi connectivity index (χ0) is 13.5. The molecule has 0 aliphatic carbocycles. The summed E-state index contributed by atoms with van der Waals surface area (Å²) < 4.78 is 31.6. The number of hydrogen-bond acceptors (Lipinski definition) is 3. The molecule has 0 bridgehead atoms. The lowest BCUT2D eigenvalue weighted by Gasteiger charge is -2.20. The number of nitrogens with one attached hydrogen (secondary N) is 1. The van der Waals surface area contributed by atoms with Crippen molar-refractivity contribution in [2.75, 3.05) is 13.7 Å². The van der Waals surface area contributed by atoms with Gasteiger partial charge in [-0.05, 0) is 30.4 Å². The van der Waals surface area contributed by atoms with Crippen molar-refractivity contribution >= 4 is 0 Å². The number of hydrazine groups is 1. The predicted octanol–water partition coefficient (Wildman–Crippen LogP) is 2.01. The lowest BCUT2D eigenvalue weighted by atomic mass is 9.97. The first-order valence-corrected chi connectivity index (χ1v) is 5.96. The molecule has 18 heavy (non-hydrogen) atoms. The number of nitrogens with two attached hydrogens (primary N) is 1. The quantitative estimate of drug-likeness (QED) is 0.581. The van der Waals surface area contributed by atoms with Gasteiger partial charge in [-0.3, -0.25) is 11.3 Å². The van der Waals surface area contributed by atoms with Crippen molar-refractivity contribution in [1.29, 1.82) is 0 Å². The molecule has 0 radical (unpaired) electrons. The van der Waals surface area contributed by atoms with Gasteiger partial charge in [-0.15, -0.1) is 0 Å². The van der Waals surface area contributed by atoms with Gasteiger partial charge in [-0.2, -0.15) is 0 Å². The third-order valence-electron chi connectivity index (χ3n) is 2.87. The number of methoxy groups -OCH3 is 1. The van der Waals surface area contributed by atoms with Gasteiger partial charge in [0.15, 0.2) is 11.6 Å². The van der Waals surface area contributed by atoms with Crippen LogP contribution in [-0.2, 0) is 11.2 Å². The van der Waals surface area contributed by atoms with Crippen LogP contribution in [0.1, 0.15) is 18.9 Å². The fourth-order valence-electron chi connectivity index (χ4n) is 2.02. The van der Waals surface area contributed by atoms with Crippen LogP contribution in [0, 0.1) is 17.6 Å². The highest BCUT2D eigenvalue weighted by molar-refractivity contribution is 5.20. The van der Waals surface area contributed by atoms with E-state index < -0.39 is 11.6 Å². The van der Waals surface area contributed by atoms with Crippen LogP contribution in [0.25, 0.3) is 0 Å². The molecule has 1 aromatic rings. The maximum atomic E-state index is 13.5. The van der Waals surface area contributed by atoms with E-state index in [0.717, 1.165) is 12.5 Å². The Hall–Kier alpha value is -1.04. The van der Waals surface area contributed by atoms with E-state index in [4.69, 9.17) is 10.6 Å². The van der Waals surface area contributed by atoms with Crippen LogP contribution in [-0.4, -0.2) is 19.8 Å². The van der Waals surface area contributed by atoms with E-state index in [0.29, 0.717) is 24.5 Å². The van der Waals surface area contributed by atoms with Crippen LogP contribution in [0.3, 0.4) is 0 Å². The number of benzene rings is 1. The van der Waals surface area contributed by atoms with Gasteiger partial charge in [0.1, 0.15) is 0 Å². The maximum absolute atomic E-state index is 13.5. The van der Waals surface area contributed by atoms with E-state index in [1.54, 1.807) is 13.2 Å². The SMILES string of the molecule is COCC(C)CC(Cc1cccc(F)c1F)NN. The summed E-state index contributed by atoms with van der Waals surface area (Å²) in [5, 5.41) is 0. The average Bonchev–Trinajstić information content (AvgIpc) is 2.34. The summed E-state index contributed by atoms with van der Waals surface area (Å²) in [6.07, 6.45) is 1.09. The van der Waals surface area contributed by atoms with Crippen LogP contribution < -0.4 is 11.3 Å². The van der Waals surface area contributed by atoms with Crippen LogP contribution in [0.15, 0.2) is 18.2 Å². The molecule has 1 rings (SSSR count). The summed E-state index contributed by atoms with van der Waals surface area (Å²) in [5.41, 5.74) is 2.98. The molecule has 0 fully saturated rings. The number of rotatable bonds is 7. The van der Waals surface area contributed by atoms with Gasteiger partial charge in [0.05, 0.1) is 0 Å². The summed E-state index contributed by atoms with van der Waals surface area (Å²) in [7, 11) is 1.63. The highest BCUT2D eigenvalue weighted by atomic mass is 19.2. The summed E-state index contributed by atoms with van der Waals surface area (Å²) in [6, 6.07) is 4.08. The van der Waals surface area contributed by atoms with E-state index in [1.165, 1.54) is 6.07 Å². The second kappa shape index (κ2) is 7.41. The van der Waals surface area contributed by atoms with Gasteiger partial charge < -0.3 is 4.74 Å². The van der Waals surface area contributed by atoms with Crippen molar-refractivity contribution in [3.05, 3.63) is 35.4 Å². The Kier molecular flexibility index (Phi) is 6.18. The number of halogens is 2. The van der Waals surface area contributed by atoms with Crippen molar-refractivity contribution in [2.24, 2.45) is 11.8 Å². The topological polar surface area (TPSA) is 47.3 Å². The van der Waals surface area contributed by atoms with Crippen LogP contribution in [0.5, 0.6) is 0 Å². The first kappa shape index (κ1) is 15.0. The highest BCUT2D eigenvalue weighted by Crippen LogP contribution is 2.16. The first-order chi connectivity index (χ1) is 8.58. The van der Waals surface area contributed by atoms with Crippen LogP contribution in [0.2, 0.25) is 0 Å². The average molecular weight is 258 g/mol. The summed E-state index contributed by atoms with van der Waals surface area (Å²) in [4.78, 5) is 0. The fourth-order valence-corrected chi connectivity index (χ4v) is 2.02. The van der Waals surface area contributed by atoms with E-state index >= 15 is 0 Å². The van der Waals surface area contributed by atoms with E-state index in [9.17, 15) is 8.78 Å². The molecular formula is C13H20F2N2O. The van der Waals surface area contributed by atoms with Crippen molar-refractivity contribution in [1.82, 2.24) is 5.43 Å². The third kappa shape index (κ3) is 4.33. The Balaban J connectivity index is 2.65. The molecule has 0 spiro atoms. The van der Waals surface area contributed by atoms with Crippen LogP contribution >= 0.6 is 0 Å². The molecule has 0 aliphatic heterocycles. The smallest absolute Gasteiger partial charge is 0.162 e. The van der Waals surface area contributed by atoms with Gasteiger partial charge in [0, 0.05) is 19.8 Å². The minimum absolute atomic E-state index is 0.105. The predicted molar refractivity (Wildman–Crippen MR) is 66.8 cm³/mol. The molecule has 2 unspecified atom stereocenters. The van der Waals surface area contributed by atoms with Gasteiger partial charge >= 0.3 is 0 Å². The monoisotopic (exact) mass is 258 g/mol. The molecule has 0 saturated carbocycles. The summed E-state index contributed by atoms with van der Waals surface area (Å²) in [5.74, 6) is 4.12. The van der Waals surface area contributed by atoms with Crippen LogP contribution in [0.4, 0.5) is 8.78 Å². The molecule has 0 aromatic heterocycles. The third-order valence-corrected chi connectivity index (χ3v) is 2.87. The molecule has 0 saturated heterocycles. The number of hydrogen-bond donors (Lipinski definition) is 2. The molecule has 5 heteroatoms. The Bertz CT molecular complexity index is 374. The second-order valence-electron chi connectivity index (χ2n) is 4.58. The lowest BCUT2D eigenvalue weighted by molar-refractivity contribution is 0.149. The minimum atomic E-state index is -0.826. The Morgan fingerprint density at radius 1 is 1.39 bits per heavy atom. The van der Waals surface area contributed by atoms with E-state index in [1.807, 2.05) is 6.92 Å². The van der Waals surface area contributed by atoms with E-state index in [2.05, 4.69) is 5.43 Å². The molecular weight excluding hydrogens is 238 g/mol. The van der Waals surface area contributed by atoms with Crippen molar-refractivity contribution in [3.8, 4) is 0 Å². The fraction of sp³-hybridized carbons (Fsp3) is 0.538. The number of ether oxygens (including phenoxy) is 1. The minimum Gasteiger partial charge on any atom is -0.384 e. The molecule has 2 atom stereocenters.